The minimum Gasteiger partial charge on any atom is -0.306 e. The zero-order valence-corrected chi connectivity index (χ0v) is 14.6. The molecule has 112 valence electrons. The Balaban J connectivity index is 2.49. The SMILES string of the molecule is CCCNC(c1cc(Cl)cc(Cl)c1)c1cccc(Br)c1F. The van der Waals surface area contributed by atoms with Gasteiger partial charge in [0.1, 0.15) is 5.82 Å². The van der Waals surface area contributed by atoms with Gasteiger partial charge in [-0.2, -0.15) is 0 Å². The number of benzene rings is 2. The molecule has 1 N–H and O–H groups in total. The summed E-state index contributed by atoms with van der Waals surface area (Å²) in [5.74, 6) is -0.276. The third kappa shape index (κ3) is 4.19. The normalized spacial score (nSPS) is 12.4. The monoisotopic (exact) mass is 389 g/mol. The van der Waals surface area contributed by atoms with Gasteiger partial charge in [-0.1, -0.05) is 42.3 Å². The first-order valence-electron chi connectivity index (χ1n) is 6.66. The van der Waals surface area contributed by atoms with E-state index in [4.69, 9.17) is 23.2 Å². The van der Waals surface area contributed by atoms with E-state index >= 15 is 0 Å². The molecular formula is C16H15BrCl2FN. The lowest BCUT2D eigenvalue weighted by Crippen LogP contribution is -2.24. The lowest BCUT2D eigenvalue weighted by Gasteiger charge is -2.21. The van der Waals surface area contributed by atoms with Crippen LogP contribution in [-0.2, 0) is 0 Å². The lowest BCUT2D eigenvalue weighted by molar-refractivity contribution is 0.543. The van der Waals surface area contributed by atoms with Crippen molar-refractivity contribution in [2.24, 2.45) is 0 Å². The topological polar surface area (TPSA) is 12.0 Å². The van der Waals surface area contributed by atoms with Crippen molar-refractivity contribution in [2.45, 2.75) is 19.4 Å². The van der Waals surface area contributed by atoms with Crippen LogP contribution >= 0.6 is 39.1 Å². The zero-order chi connectivity index (χ0) is 15.4. The molecule has 0 heterocycles. The van der Waals surface area contributed by atoms with Gasteiger partial charge in [0.25, 0.3) is 0 Å². The van der Waals surface area contributed by atoms with Gasteiger partial charge in [0.05, 0.1) is 10.5 Å². The van der Waals surface area contributed by atoms with Crippen LogP contribution in [0.15, 0.2) is 40.9 Å². The van der Waals surface area contributed by atoms with Crippen molar-refractivity contribution in [3.05, 3.63) is 67.9 Å². The standard InChI is InChI=1S/C16H15BrCl2FN/c1-2-6-21-16(10-7-11(18)9-12(19)8-10)13-4-3-5-14(17)15(13)20/h3-5,7-9,16,21H,2,6H2,1H3. The van der Waals surface area contributed by atoms with Gasteiger partial charge in [-0.05, 0) is 58.7 Å². The van der Waals surface area contributed by atoms with Gasteiger partial charge in [0.2, 0.25) is 0 Å². The maximum absolute atomic E-state index is 14.4. The van der Waals surface area contributed by atoms with Gasteiger partial charge in [-0.25, -0.2) is 4.39 Å². The van der Waals surface area contributed by atoms with Gasteiger partial charge >= 0.3 is 0 Å². The van der Waals surface area contributed by atoms with Gasteiger partial charge in [-0.3, -0.25) is 0 Å². The Kier molecular flexibility index (Phi) is 6.06. The third-order valence-corrected chi connectivity index (χ3v) is 4.16. The van der Waals surface area contributed by atoms with Gasteiger partial charge in [0, 0.05) is 15.6 Å². The van der Waals surface area contributed by atoms with Crippen LogP contribution < -0.4 is 5.32 Å². The number of nitrogens with one attached hydrogen (secondary N) is 1. The van der Waals surface area contributed by atoms with Crippen LogP contribution in [0.3, 0.4) is 0 Å². The van der Waals surface area contributed by atoms with Crippen molar-refractivity contribution in [1.29, 1.82) is 0 Å². The third-order valence-electron chi connectivity index (χ3n) is 3.11. The van der Waals surface area contributed by atoms with Crippen molar-refractivity contribution in [3.63, 3.8) is 0 Å². The zero-order valence-electron chi connectivity index (χ0n) is 11.5. The van der Waals surface area contributed by atoms with E-state index in [0.29, 0.717) is 20.1 Å². The molecular weight excluding hydrogens is 376 g/mol. The number of rotatable bonds is 5. The Hall–Kier alpha value is -0.610. The van der Waals surface area contributed by atoms with Crippen LogP contribution in [0, 0.1) is 5.82 Å². The van der Waals surface area contributed by atoms with E-state index in [1.54, 1.807) is 30.3 Å². The summed E-state index contributed by atoms with van der Waals surface area (Å²) >= 11 is 15.4. The molecule has 21 heavy (non-hydrogen) atoms. The number of hydrogen-bond acceptors (Lipinski definition) is 1. The second-order valence-electron chi connectivity index (χ2n) is 4.73. The maximum atomic E-state index is 14.4. The quantitative estimate of drug-likeness (QED) is 0.661. The minimum absolute atomic E-state index is 0.276. The predicted molar refractivity (Wildman–Crippen MR) is 90.7 cm³/mol. The first-order chi connectivity index (χ1) is 10.0. The summed E-state index contributed by atoms with van der Waals surface area (Å²) < 4.78 is 14.9. The molecule has 1 nitrogen and oxygen atoms in total. The summed E-state index contributed by atoms with van der Waals surface area (Å²) in [7, 11) is 0. The average molecular weight is 391 g/mol. The Bertz CT molecular complexity index is 613. The van der Waals surface area contributed by atoms with E-state index in [-0.39, 0.29) is 11.9 Å². The molecule has 1 unspecified atom stereocenters. The highest BCUT2D eigenvalue weighted by molar-refractivity contribution is 9.10. The number of hydrogen-bond donors (Lipinski definition) is 1. The molecule has 0 bridgehead atoms. The minimum atomic E-state index is -0.293. The maximum Gasteiger partial charge on any atom is 0.142 e. The Labute approximate surface area is 142 Å². The van der Waals surface area contributed by atoms with Gasteiger partial charge < -0.3 is 5.32 Å². The summed E-state index contributed by atoms with van der Waals surface area (Å²) in [6, 6.07) is 10.2. The molecule has 0 spiro atoms. The predicted octanol–water partition coefficient (Wildman–Crippen LogP) is 5.98. The average Bonchev–Trinajstić information content (AvgIpc) is 2.42. The van der Waals surface area contributed by atoms with Crippen molar-refractivity contribution < 1.29 is 4.39 Å². The molecule has 2 rings (SSSR count). The van der Waals surface area contributed by atoms with Crippen molar-refractivity contribution in [2.75, 3.05) is 6.54 Å². The van der Waals surface area contributed by atoms with E-state index in [9.17, 15) is 4.39 Å². The van der Waals surface area contributed by atoms with E-state index in [1.165, 1.54) is 0 Å². The second kappa shape index (κ2) is 7.59. The highest BCUT2D eigenvalue weighted by Crippen LogP contribution is 2.31. The highest BCUT2D eigenvalue weighted by atomic mass is 79.9. The van der Waals surface area contributed by atoms with Crippen LogP contribution in [0.5, 0.6) is 0 Å². The number of halogens is 4. The summed E-state index contributed by atoms with van der Waals surface area (Å²) in [4.78, 5) is 0. The molecule has 2 aromatic carbocycles. The smallest absolute Gasteiger partial charge is 0.142 e. The summed E-state index contributed by atoms with van der Waals surface area (Å²) in [5.41, 5.74) is 1.41. The lowest BCUT2D eigenvalue weighted by atomic mass is 9.98. The largest absolute Gasteiger partial charge is 0.306 e. The van der Waals surface area contributed by atoms with E-state index in [1.807, 2.05) is 6.07 Å². The first-order valence-corrected chi connectivity index (χ1v) is 8.21. The van der Waals surface area contributed by atoms with Crippen molar-refractivity contribution in [1.82, 2.24) is 5.32 Å². The van der Waals surface area contributed by atoms with Crippen LogP contribution in [0.2, 0.25) is 10.0 Å². The van der Waals surface area contributed by atoms with Crippen LogP contribution in [0.4, 0.5) is 4.39 Å². The molecule has 0 amide bonds. The molecule has 0 radical (unpaired) electrons. The molecule has 0 saturated carbocycles. The first kappa shape index (κ1) is 16.8. The van der Waals surface area contributed by atoms with Gasteiger partial charge in [-0.15, -0.1) is 0 Å². The molecule has 0 aliphatic heterocycles. The molecule has 0 saturated heterocycles. The Morgan fingerprint density at radius 1 is 1.19 bits per heavy atom. The van der Waals surface area contributed by atoms with E-state index < -0.39 is 0 Å². The molecule has 5 heteroatoms. The second-order valence-corrected chi connectivity index (χ2v) is 6.46. The van der Waals surface area contributed by atoms with Crippen LogP contribution in [0.1, 0.15) is 30.5 Å². The molecule has 0 aliphatic rings. The molecule has 0 aliphatic carbocycles. The highest BCUT2D eigenvalue weighted by Gasteiger charge is 2.19. The molecule has 2 aromatic rings. The Morgan fingerprint density at radius 3 is 2.48 bits per heavy atom. The molecule has 0 aromatic heterocycles. The summed E-state index contributed by atoms with van der Waals surface area (Å²) in [5, 5.41) is 4.42. The van der Waals surface area contributed by atoms with Crippen LogP contribution in [0.25, 0.3) is 0 Å². The molecule has 1 atom stereocenters. The summed E-state index contributed by atoms with van der Waals surface area (Å²) in [6.45, 7) is 2.83. The van der Waals surface area contributed by atoms with E-state index in [2.05, 4.69) is 28.2 Å². The van der Waals surface area contributed by atoms with Gasteiger partial charge in [0.15, 0.2) is 0 Å². The van der Waals surface area contributed by atoms with Crippen molar-refractivity contribution >= 4 is 39.1 Å². The Morgan fingerprint density at radius 2 is 1.86 bits per heavy atom. The fourth-order valence-electron chi connectivity index (χ4n) is 2.18. The van der Waals surface area contributed by atoms with E-state index in [0.717, 1.165) is 18.5 Å². The molecule has 0 fully saturated rings. The van der Waals surface area contributed by atoms with Crippen LogP contribution in [-0.4, -0.2) is 6.54 Å². The summed E-state index contributed by atoms with van der Waals surface area (Å²) in [6.07, 6.45) is 0.945. The fraction of sp³-hybridized carbons (Fsp3) is 0.250. The fourth-order valence-corrected chi connectivity index (χ4v) is 3.11. The van der Waals surface area contributed by atoms with Crippen molar-refractivity contribution in [3.8, 4) is 0 Å².